The monoisotopic (exact) mass is 411 g/mol. The summed E-state index contributed by atoms with van der Waals surface area (Å²) < 4.78 is 5.66. The Balaban J connectivity index is 1.65. The maximum Gasteiger partial charge on any atom is 0.257 e. The van der Waals surface area contributed by atoms with Gasteiger partial charge in [-0.1, -0.05) is 61.3 Å². The van der Waals surface area contributed by atoms with Gasteiger partial charge in [0.15, 0.2) is 6.61 Å². The lowest BCUT2D eigenvalue weighted by atomic mass is 10.0. The van der Waals surface area contributed by atoms with Gasteiger partial charge in [0.2, 0.25) is 0 Å². The van der Waals surface area contributed by atoms with Crippen LogP contribution in [0.15, 0.2) is 42.5 Å². The molecule has 26 heavy (non-hydrogen) atoms. The molecule has 0 saturated heterocycles. The predicted molar refractivity (Wildman–Crippen MR) is 112 cm³/mol. The van der Waals surface area contributed by atoms with Crippen LogP contribution in [0, 0.1) is 0 Å². The Morgan fingerprint density at radius 3 is 2.65 bits per heavy atom. The Hall–Kier alpha value is -1.36. The fourth-order valence-electron chi connectivity index (χ4n) is 2.37. The van der Waals surface area contributed by atoms with E-state index in [2.05, 4.69) is 19.2 Å². The van der Waals surface area contributed by atoms with E-state index in [1.807, 2.05) is 36.4 Å². The third-order valence-corrected chi connectivity index (χ3v) is 5.49. The number of halogens is 2. The van der Waals surface area contributed by atoms with Crippen molar-refractivity contribution in [2.75, 3.05) is 18.9 Å². The van der Waals surface area contributed by atoms with E-state index in [0.29, 0.717) is 22.5 Å². The molecule has 0 atom stereocenters. The SMILES string of the molecule is CC(C)c1ccccc1OCC(=O)NCCSCc1ccc(Cl)c(Cl)c1. The largest absolute Gasteiger partial charge is 0.483 e. The molecule has 2 aromatic rings. The first-order valence-electron chi connectivity index (χ1n) is 8.47. The molecule has 0 aromatic heterocycles. The molecule has 0 fully saturated rings. The van der Waals surface area contributed by atoms with Gasteiger partial charge in [0, 0.05) is 18.1 Å². The minimum atomic E-state index is -0.112. The molecular formula is C20H23Cl2NO2S. The Morgan fingerprint density at radius 1 is 1.15 bits per heavy atom. The summed E-state index contributed by atoms with van der Waals surface area (Å²) in [5.41, 5.74) is 2.22. The fourth-order valence-corrected chi connectivity index (χ4v) is 3.49. The summed E-state index contributed by atoms with van der Waals surface area (Å²) in [6, 6.07) is 13.4. The van der Waals surface area contributed by atoms with Crippen molar-refractivity contribution in [3.8, 4) is 5.75 Å². The van der Waals surface area contributed by atoms with Gasteiger partial charge < -0.3 is 10.1 Å². The summed E-state index contributed by atoms with van der Waals surface area (Å²) in [5, 5.41) is 4.00. The highest BCUT2D eigenvalue weighted by Crippen LogP contribution is 2.26. The summed E-state index contributed by atoms with van der Waals surface area (Å²) in [7, 11) is 0. The zero-order valence-electron chi connectivity index (χ0n) is 14.9. The number of para-hydroxylation sites is 1. The van der Waals surface area contributed by atoms with Gasteiger partial charge in [-0.2, -0.15) is 11.8 Å². The number of carbonyl (C=O) groups is 1. The second-order valence-electron chi connectivity index (χ2n) is 6.13. The number of benzene rings is 2. The highest BCUT2D eigenvalue weighted by atomic mass is 35.5. The van der Waals surface area contributed by atoms with Crippen molar-refractivity contribution in [2.45, 2.75) is 25.5 Å². The van der Waals surface area contributed by atoms with Gasteiger partial charge >= 0.3 is 0 Å². The van der Waals surface area contributed by atoms with Gasteiger partial charge in [0.1, 0.15) is 5.75 Å². The second kappa shape index (κ2) is 10.7. The molecule has 0 aliphatic heterocycles. The zero-order chi connectivity index (χ0) is 18.9. The smallest absolute Gasteiger partial charge is 0.257 e. The van der Waals surface area contributed by atoms with Crippen molar-refractivity contribution >= 4 is 40.9 Å². The van der Waals surface area contributed by atoms with Crippen LogP contribution in [0.1, 0.15) is 30.9 Å². The van der Waals surface area contributed by atoms with Crippen LogP contribution in [-0.4, -0.2) is 24.8 Å². The van der Waals surface area contributed by atoms with Crippen molar-refractivity contribution in [1.82, 2.24) is 5.32 Å². The van der Waals surface area contributed by atoms with Crippen molar-refractivity contribution < 1.29 is 9.53 Å². The highest BCUT2D eigenvalue weighted by Gasteiger charge is 2.09. The Kier molecular flexibility index (Phi) is 8.63. The van der Waals surface area contributed by atoms with E-state index in [9.17, 15) is 4.79 Å². The van der Waals surface area contributed by atoms with Gasteiger partial charge in [-0.15, -0.1) is 0 Å². The molecule has 3 nitrogen and oxygen atoms in total. The molecule has 0 unspecified atom stereocenters. The summed E-state index contributed by atoms with van der Waals surface area (Å²) in [4.78, 5) is 11.9. The molecule has 2 rings (SSSR count). The molecule has 0 saturated carbocycles. The summed E-state index contributed by atoms with van der Waals surface area (Å²) >= 11 is 13.6. The van der Waals surface area contributed by atoms with Crippen LogP contribution in [0.3, 0.4) is 0 Å². The molecule has 6 heteroatoms. The first-order valence-corrected chi connectivity index (χ1v) is 10.4. The lowest BCUT2D eigenvalue weighted by molar-refractivity contribution is -0.122. The van der Waals surface area contributed by atoms with Crippen LogP contribution in [0.2, 0.25) is 10.0 Å². The molecule has 1 amide bonds. The number of thioether (sulfide) groups is 1. The number of ether oxygens (including phenoxy) is 1. The van der Waals surface area contributed by atoms with Gasteiger partial charge in [-0.3, -0.25) is 4.79 Å². The standard InChI is InChI=1S/C20H23Cl2NO2S/c1-14(2)16-5-3-4-6-19(16)25-12-20(24)23-9-10-26-13-15-7-8-17(21)18(22)11-15/h3-8,11,14H,9-10,12-13H2,1-2H3,(H,23,24). The molecule has 2 aromatic carbocycles. The van der Waals surface area contributed by atoms with E-state index in [0.717, 1.165) is 28.4 Å². The highest BCUT2D eigenvalue weighted by molar-refractivity contribution is 7.98. The van der Waals surface area contributed by atoms with Crippen LogP contribution < -0.4 is 10.1 Å². The van der Waals surface area contributed by atoms with Crippen molar-refractivity contribution in [1.29, 1.82) is 0 Å². The van der Waals surface area contributed by atoms with Crippen molar-refractivity contribution in [2.24, 2.45) is 0 Å². The zero-order valence-corrected chi connectivity index (χ0v) is 17.3. The maximum atomic E-state index is 11.9. The number of nitrogens with one attached hydrogen (secondary N) is 1. The van der Waals surface area contributed by atoms with E-state index in [-0.39, 0.29) is 12.5 Å². The van der Waals surface area contributed by atoms with Crippen LogP contribution in [0.4, 0.5) is 0 Å². The molecule has 0 heterocycles. The lowest BCUT2D eigenvalue weighted by Gasteiger charge is -2.13. The van der Waals surface area contributed by atoms with Crippen molar-refractivity contribution in [3.63, 3.8) is 0 Å². The van der Waals surface area contributed by atoms with E-state index in [1.165, 1.54) is 0 Å². The average molecular weight is 412 g/mol. The first-order chi connectivity index (χ1) is 12.5. The maximum absolute atomic E-state index is 11.9. The van der Waals surface area contributed by atoms with E-state index < -0.39 is 0 Å². The molecule has 0 bridgehead atoms. The topological polar surface area (TPSA) is 38.3 Å². The predicted octanol–water partition coefficient (Wildman–Crippen LogP) is 5.55. The molecule has 0 aliphatic rings. The minimum Gasteiger partial charge on any atom is -0.483 e. The van der Waals surface area contributed by atoms with E-state index in [4.69, 9.17) is 27.9 Å². The molecular weight excluding hydrogens is 389 g/mol. The quantitative estimate of drug-likeness (QED) is 0.549. The number of hydrogen-bond acceptors (Lipinski definition) is 3. The Labute approximate surface area is 169 Å². The Morgan fingerprint density at radius 2 is 1.92 bits per heavy atom. The molecule has 1 N–H and O–H groups in total. The molecule has 0 aliphatic carbocycles. The number of carbonyl (C=O) groups excluding carboxylic acids is 1. The van der Waals surface area contributed by atoms with Crippen LogP contribution >= 0.6 is 35.0 Å². The number of rotatable bonds is 9. The van der Waals surface area contributed by atoms with Gasteiger partial charge in [0.05, 0.1) is 10.0 Å². The Bertz CT molecular complexity index is 738. The van der Waals surface area contributed by atoms with Crippen LogP contribution in [0.25, 0.3) is 0 Å². The summed E-state index contributed by atoms with van der Waals surface area (Å²) in [6.45, 7) is 4.84. The van der Waals surface area contributed by atoms with Crippen LogP contribution in [-0.2, 0) is 10.5 Å². The number of amides is 1. The fraction of sp³-hybridized carbons (Fsp3) is 0.350. The third kappa shape index (κ3) is 6.75. The van der Waals surface area contributed by atoms with E-state index >= 15 is 0 Å². The normalized spacial score (nSPS) is 10.8. The third-order valence-electron chi connectivity index (χ3n) is 3.72. The average Bonchev–Trinajstić information content (AvgIpc) is 2.62. The van der Waals surface area contributed by atoms with E-state index in [1.54, 1.807) is 17.8 Å². The molecule has 140 valence electrons. The second-order valence-corrected chi connectivity index (χ2v) is 8.05. The number of hydrogen-bond donors (Lipinski definition) is 1. The lowest BCUT2D eigenvalue weighted by Crippen LogP contribution is -2.30. The molecule has 0 radical (unpaired) electrons. The van der Waals surface area contributed by atoms with Gasteiger partial charge in [0.25, 0.3) is 5.91 Å². The van der Waals surface area contributed by atoms with Gasteiger partial charge in [-0.05, 0) is 35.2 Å². The van der Waals surface area contributed by atoms with Gasteiger partial charge in [-0.25, -0.2) is 0 Å². The first kappa shape index (κ1) is 20.9. The molecule has 0 spiro atoms. The van der Waals surface area contributed by atoms with Crippen LogP contribution in [0.5, 0.6) is 5.75 Å². The van der Waals surface area contributed by atoms with Crippen molar-refractivity contribution in [3.05, 3.63) is 63.6 Å². The summed E-state index contributed by atoms with van der Waals surface area (Å²) in [5.74, 6) is 2.65. The summed E-state index contributed by atoms with van der Waals surface area (Å²) in [6.07, 6.45) is 0. The minimum absolute atomic E-state index is 0.0290.